The molecule has 0 bridgehead atoms. The Bertz CT molecular complexity index is 1070. The number of ether oxygens (including phenoxy) is 1. The first-order chi connectivity index (χ1) is 16.5. The van der Waals surface area contributed by atoms with E-state index in [1.54, 1.807) is 19.1 Å². The van der Waals surface area contributed by atoms with Crippen LogP contribution in [0.2, 0.25) is 0 Å². The third-order valence-corrected chi connectivity index (χ3v) is 6.17. The lowest BCUT2D eigenvalue weighted by molar-refractivity contribution is -0.127. The summed E-state index contributed by atoms with van der Waals surface area (Å²) < 4.78 is 70.7. The summed E-state index contributed by atoms with van der Waals surface area (Å²) in [7, 11) is 0. The van der Waals surface area contributed by atoms with Crippen LogP contribution in [0.3, 0.4) is 0 Å². The molecule has 35 heavy (non-hydrogen) atoms. The lowest BCUT2D eigenvalue weighted by atomic mass is 10.0. The van der Waals surface area contributed by atoms with E-state index in [1.165, 1.54) is 12.1 Å². The van der Waals surface area contributed by atoms with Crippen molar-refractivity contribution in [2.45, 2.75) is 76.2 Å². The van der Waals surface area contributed by atoms with Crippen molar-refractivity contribution in [1.29, 1.82) is 0 Å². The number of amides is 1. The zero-order valence-corrected chi connectivity index (χ0v) is 19.2. The maximum Gasteiger partial charge on any atom is 0.393 e. The summed E-state index contributed by atoms with van der Waals surface area (Å²) in [4.78, 5) is 21.5. The normalized spacial score (nSPS) is 19.1. The Kier molecular flexibility index (Phi) is 7.25. The lowest BCUT2D eigenvalue weighted by Crippen LogP contribution is -2.43. The first-order valence-electron chi connectivity index (χ1n) is 11.5. The number of alkyl halides is 5. The van der Waals surface area contributed by atoms with Gasteiger partial charge < -0.3 is 15.4 Å². The van der Waals surface area contributed by atoms with Crippen molar-refractivity contribution in [3.63, 3.8) is 0 Å². The summed E-state index contributed by atoms with van der Waals surface area (Å²) >= 11 is 0. The molecule has 1 aromatic heterocycles. The van der Waals surface area contributed by atoms with Crippen LogP contribution in [0.5, 0.6) is 0 Å². The Morgan fingerprint density at radius 2 is 1.97 bits per heavy atom. The molecule has 2 aliphatic rings. The van der Waals surface area contributed by atoms with Gasteiger partial charge in [0.25, 0.3) is 6.43 Å². The van der Waals surface area contributed by atoms with Gasteiger partial charge in [0.15, 0.2) is 0 Å². The molecule has 2 aromatic rings. The average Bonchev–Trinajstić information content (AvgIpc) is 3.34. The van der Waals surface area contributed by atoms with Crippen LogP contribution < -0.4 is 10.6 Å². The Morgan fingerprint density at radius 1 is 1.23 bits per heavy atom. The molecule has 1 saturated heterocycles. The highest BCUT2D eigenvalue weighted by Gasteiger charge is 2.52. The Balaban J connectivity index is 1.56. The zero-order valence-electron chi connectivity index (χ0n) is 19.2. The number of rotatable bonds is 9. The van der Waals surface area contributed by atoms with E-state index in [-0.39, 0.29) is 37.5 Å². The quantitative estimate of drug-likeness (QED) is 0.486. The number of anilines is 1. The van der Waals surface area contributed by atoms with Gasteiger partial charge in [-0.2, -0.15) is 13.2 Å². The van der Waals surface area contributed by atoms with Crippen molar-refractivity contribution in [2.75, 3.05) is 11.9 Å². The van der Waals surface area contributed by atoms with Crippen molar-refractivity contribution in [3.8, 4) is 0 Å². The van der Waals surface area contributed by atoms with Crippen molar-refractivity contribution in [2.24, 2.45) is 0 Å². The highest BCUT2D eigenvalue weighted by atomic mass is 19.4. The maximum atomic E-state index is 13.3. The van der Waals surface area contributed by atoms with Crippen molar-refractivity contribution in [1.82, 2.24) is 15.3 Å². The largest absolute Gasteiger partial charge is 0.393 e. The summed E-state index contributed by atoms with van der Waals surface area (Å²) in [6.45, 7) is 2.37. The van der Waals surface area contributed by atoms with Gasteiger partial charge in [-0.25, -0.2) is 18.7 Å². The fraction of sp³-hybridized carbons (Fsp3) is 0.542. The van der Waals surface area contributed by atoms with Crippen LogP contribution in [0.4, 0.5) is 27.8 Å². The van der Waals surface area contributed by atoms with E-state index in [0.717, 1.165) is 6.42 Å². The SMILES string of the molecule is Cc1nc(CC(=O)NC2(C(F)F)CC2)c(C2CCCO2)c(NCc2cccc(CC(F)(F)F)c2)n1. The molecule has 0 spiro atoms. The van der Waals surface area contributed by atoms with Gasteiger partial charge in [-0.3, -0.25) is 4.79 Å². The van der Waals surface area contributed by atoms with Crippen LogP contribution in [-0.4, -0.2) is 40.6 Å². The minimum atomic E-state index is -4.30. The van der Waals surface area contributed by atoms with Crippen LogP contribution in [0.1, 0.15) is 60.0 Å². The van der Waals surface area contributed by atoms with Gasteiger partial charge in [-0.1, -0.05) is 24.3 Å². The molecule has 1 amide bonds. The standard InChI is InChI=1S/C24H27F5N4O2/c1-14-31-17(11-19(34)33-23(7-8-23)22(25)26)20(18-6-3-9-35-18)21(32-14)30-13-16-5-2-4-15(10-16)12-24(27,28)29/h2,4-5,10,18,22H,3,6-9,11-13H2,1H3,(H,33,34)(H,30,31,32). The number of benzene rings is 1. The maximum absolute atomic E-state index is 13.3. The Hall–Kier alpha value is -2.82. The number of carbonyl (C=O) groups is 1. The van der Waals surface area contributed by atoms with E-state index in [4.69, 9.17) is 4.74 Å². The van der Waals surface area contributed by atoms with E-state index in [1.807, 2.05) is 0 Å². The smallest absolute Gasteiger partial charge is 0.373 e. The number of aromatic nitrogens is 2. The van der Waals surface area contributed by atoms with Crippen LogP contribution in [0.25, 0.3) is 0 Å². The molecule has 1 aliphatic carbocycles. The molecule has 1 aromatic carbocycles. The van der Waals surface area contributed by atoms with Gasteiger partial charge in [0, 0.05) is 18.7 Å². The molecule has 2 fully saturated rings. The number of nitrogens with zero attached hydrogens (tertiary/aromatic N) is 2. The molecular weight excluding hydrogens is 471 g/mol. The van der Waals surface area contributed by atoms with Crippen LogP contribution >= 0.6 is 0 Å². The van der Waals surface area contributed by atoms with E-state index in [0.29, 0.717) is 41.5 Å². The number of nitrogens with one attached hydrogen (secondary N) is 2. The summed E-state index contributed by atoms with van der Waals surface area (Å²) in [5, 5.41) is 5.62. The van der Waals surface area contributed by atoms with E-state index in [9.17, 15) is 26.7 Å². The summed E-state index contributed by atoms with van der Waals surface area (Å²) in [5.41, 5.74) is 0.302. The van der Waals surface area contributed by atoms with Gasteiger partial charge in [0.2, 0.25) is 5.91 Å². The molecule has 0 radical (unpaired) electrons. The molecule has 1 aliphatic heterocycles. The Labute approximate surface area is 199 Å². The zero-order chi connectivity index (χ0) is 25.2. The van der Waals surface area contributed by atoms with E-state index in [2.05, 4.69) is 20.6 Å². The first-order valence-corrected chi connectivity index (χ1v) is 11.5. The number of halogens is 5. The van der Waals surface area contributed by atoms with Gasteiger partial charge in [0.05, 0.1) is 24.6 Å². The molecule has 2 heterocycles. The van der Waals surface area contributed by atoms with Crippen molar-refractivity contribution < 1.29 is 31.5 Å². The molecular formula is C24H27F5N4O2. The second-order valence-electron chi connectivity index (χ2n) is 9.13. The monoisotopic (exact) mass is 498 g/mol. The fourth-order valence-corrected chi connectivity index (χ4v) is 4.33. The predicted octanol–water partition coefficient (Wildman–Crippen LogP) is 4.81. The minimum Gasteiger partial charge on any atom is -0.373 e. The predicted molar refractivity (Wildman–Crippen MR) is 118 cm³/mol. The van der Waals surface area contributed by atoms with Gasteiger partial charge in [-0.05, 0) is 43.7 Å². The second-order valence-corrected chi connectivity index (χ2v) is 9.13. The molecule has 6 nitrogen and oxygen atoms in total. The highest BCUT2D eigenvalue weighted by Crippen LogP contribution is 2.41. The minimum absolute atomic E-state index is 0.153. The van der Waals surface area contributed by atoms with Crippen molar-refractivity contribution >= 4 is 11.7 Å². The summed E-state index contributed by atoms with van der Waals surface area (Å²) in [6.07, 6.45) is -6.59. The number of hydrogen-bond acceptors (Lipinski definition) is 5. The number of hydrogen-bond donors (Lipinski definition) is 2. The third kappa shape index (κ3) is 6.45. The molecule has 1 atom stereocenters. The summed E-state index contributed by atoms with van der Waals surface area (Å²) in [6, 6.07) is 6.18. The van der Waals surface area contributed by atoms with Gasteiger partial charge in [0.1, 0.15) is 17.2 Å². The first kappa shape index (κ1) is 25.3. The number of carbonyl (C=O) groups excluding carboxylic acids is 1. The third-order valence-electron chi connectivity index (χ3n) is 6.17. The lowest BCUT2D eigenvalue weighted by Gasteiger charge is -2.21. The fourth-order valence-electron chi connectivity index (χ4n) is 4.33. The number of aryl methyl sites for hydroxylation is 1. The highest BCUT2D eigenvalue weighted by molar-refractivity contribution is 5.80. The van der Waals surface area contributed by atoms with Crippen molar-refractivity contribution in [3.05, 3.63) is 52.5 Å². The molecule has 1 unspecified atom stereocenters. The van der Waals surface area contributed by atoms with Crippen LogP contribution in [0, 0.1) is 6.92 Å². The van der Waals surface area contributed by atoms with Gasteiger partial charge >= 0.3 is 6.18 Å². The van der Waals surface area contributed by atoms with Gasteiger partial charge in [-0.15, -0.1) is 0 Å². The molecule has 4 rings (SSSR count). The molecule has 11 heteroatoms. The van der Waals surface area contributed by atoms with Crippen LogP contribution in [0.15, 0.2) is 24.3 Å². The molecule has 190 valence electrons. The van der Waals surface area contributed by atoms with E-state index >= 15 is 0 Å². The second kappa shape index (κ2) is 10.0. The topological polar surface area (TPSA) is 76.1 Å². The molecule has 2 N–H and O–H groups in total. The average molecular weight is 498 g/mol. The van der Waals surface area contributed by atoms with E-state index < -0.39 is 30.5 Å². The van der Waals surface area contributed by atoms with Crippen LogP contribution in [-0.2, 0) is 28.9 Å². The summed E-state index contributed by atoms with van der Waals surface area (Å²) in [5.74, 6) is 0.243. The molecule has 1 saturated carbocycles. The Morgan fingerprint density at radius 3 is 2.60 bits per heavy atom.